The van der Waals surface area contributed by atoms with Crippen LogP contribution in [0.25, 0.3) is 138 Å². The molecule has 320 valence electrons. The Labute approximate surface area is 396 Å². The summed E-state index contributed by atoms with van der Waals surface area (Å²) in [6, 6.07) is 85.7. The summed E-state index contributed by atoms with van der Waals surface area (Å²) in [5.41, 5.74) is 12.8. The van der Waals surface area contributed by atoms with Crippen LogP contribution in [-0.4, -0.2) is 23.7 Å². The Morgan fingerprint density at radius 2 is 0.652 bits per heavy atom. The number of nitrogens with zero attached hydrogens (tertiary/aromatic N) is 5. The maximum atomic E-state index is 5.48. The van der Waals surface area contributed by atoms with E-state index in [1.165, 1.54) is 64.9 Å². The summed E-state index contributed by atoms with van der Waals surface area (Å²) in [4.78, 5) is 11.0. The molecule has 15 rings (SSSR count). The molecular weight excluding hydrogens is 839 g/mol. The Morgan fingerprint density at radius 1 is 0.246 bits per heavy atom. The summed E-state index contributed by atoms with van der Waals surface area (Å²) in [5, 5.41) is 14.4. The minimum Gasteiger partial charge on any atom is -0.309 e. The van der Waals surface area contributed by atoms with Crippen LogP contribution in [0.4, 0.5) is 0 Å². The summed E-state index contributed by atoms with van der Waals surface area (Å²) in [6.45, 7) is 0. The summed E-state index contributed by atoms with van der Waals surface area (Å²) in [6.07, 6.45) is 0. The lowest BCUT2D eigenvalue weighted by molar-refractivity contribution is 0.995. The molecule has 0 aliphatic rings. The van der Waals surface area contributed by atoms with E-state index in [4.69, 9.17) is 9.97 Å². The van der Waals surface area contributed by atoms with Crippen LogP contribution in [0.3, 0.4) is 0 Å². The normalized spacial score (nSPS) is 12.1. The molecule has 5 heteroatoms. The van der Waals surface area contributed by atoms with Crippen molar-refractivity contribution in [2.75, 3.05) is 0 Å². The molecule has 0 bridgehead atoms. The largest absolute Gasteiger partial charge is 0.309 e. The van der Waals surface area contributed by atoms with Gasteiger partial charge < -0.3 is 9.13 Å². The Hall–Kier alpha value is -9.32. The first-order chi connectivity index (χ1) is 34.2. The van der Waals surface area contributed by atoms with Gasteiger partial charge in [-0.2, -0.15) is 0 Å². The lowest BCUT2D eigenvalue weighted by atomic mass is 10.0. The van der Waals surface area contributed by atoms with E-state index in [1.807, 2.05) is 0 Å². The van der Waals surface area contributed by atoms with Gasteiger partial charge in [0, 0.05) is 54.8 Å². The number of rotatable bonds is 5. The van der Waals surface area contributed by atoms with Crippen LogP contribution in [0.5, 0.6) is 0 Å². The van der Waals surface area contributed by atoms with Crippen molar-refractivity contribution in [2.24, 2.45) is 0 Å². The fraction of sp³-hybridized carbons (Fsp3) is 0. The van der Waals surface area contributed by atoms with Gasteiger partial charge in [-0.25, -0.2) is 9.97 Å². The van der Waals surface area contributed by atoms with Crippen LogP contribution >= 0.6 is 0 Å². The monoisotopic (exact) mass is 877 g/mol. The first-order valence-electron chi connectivity index (χ1n) is 23.6. The molecule has 69 heavy (non-hydrogen) atoms. The molecule has 0 amide bonds. The van der Waals surface area contributed by atoms with Gasteiger partial charge in [-0.15, -0.1) is 0 Å². The zero-order valence-electron chi connectivity index (χ0n) is 37.3. The lowest BCUT2D eigenvalue weighted by Crippen LogP contribution is -2.04. The molecule has 4 aromatic heterocycles. The summed E-state index contributed by atoms with van der Waals surface area (Å²) in [5.74, 6) is 0.623. The van der Waals surface area contributed by atoms with Gasteiger partial charge in [-0.3, -0.25) is 4.57 Å². The highest BCUT2D eigenvalue weighted by molar-refractivity contribution is 6.29. The van der Waals surface area contributed by atoms with Crippen molar-refractivity contribution in [2.45, 2.75) is 0 Å². The second-order valence-electron chi connectivity index (χ2n) is 18.2. The van der Waals surface area contributed by atoms with E-state index < -0.39 is 0 Å². The highest BCUT2D eigenvalue weighted by atomic mass is 15.2. The van der Waals surface area contributed by atoms with E-state index in [0.717, 1.165) is 66.7 Å². The molecule has 4 heterocycles. The standard InChI is InChI=1S/C64H39N5/c1-4-16-43-35-46(27-25-40(43)13-1)54-39-55(47-28-26-41-14-2-5-17-44(41)36-47)66-64(65-54)69-56-22-10-7-19-50(56)51-32-31-49(38-61(51)69)68-58-24-12-9-21-53(58)63-60(68)34-33-59-62(63)52-20-8-11-23-57(52)67(59)48-30-29-42-15-3-6-18-45(42)37-48/h1-39H. The van der Waals surface area contributed by atoms with Crippen molar-refractivity contribution in [3.8, 4) is 39.8 Å². The first kappa shape index (κ1) is 37.9. The fourth-order valence-corrected chi connectivity index (χ4v) is 11.2. The molecule has 5 nitrogen and oxygen atoms in total. The van der Waals surface area contributed by atoms with Gasteiger partial charge in [0.05, 0.1) is 44.5 Å². The predicted octanol–water partition coefficient (Wildman–Crippen LogP) is 16.6. The third kappa shape index (κ3) is 5.71. The second-order valence-corrected chi connectivity index (χ2v) is 18.2. The number of fused-ring (bicyclic) bond motifs is 13. The van der Waals surface area contributed by atoms with Crippen molar-refractivity contribution in [1.82, 2.24) is 23.7 Å². The first-order valence-corrected chi connectivity index (χ1v) is 23.6. The topological polar surface area (TPSA) is 40.6 Å². The molecule has 0 saturated heterocycles. The van der Waals surface area contributed by atoms with Crippen LogP contribution in [0, 0.1) is 0 Å². The number of benzene rings is 11. The Morgan fingerprint density at radius 3 is 1.20 bits per heavy atom. The molecule has 0 saturated carbocycles. The molecule has 0 aliphatic carbocycles. The number of hydrogen-bond acceptors (Lipinski definition) is 2. The van der Waals surface area contributed by atoms with E-state index >= 15 is 0 Å². The number of aromatic nitrogens is 5. The lowest BCUT2D eigenvalue weighted by Gasteiger charge is -2.13. The van der Waals surface area contributed by atoms with Crippen molar-refractivity contribution < 1.29 is 0 Å². The van der Waals surface area contributed by atoms with Gasteiger partial charge >= 0.3 is 0 Å². The predicted molar refractivity (Wildman–Crippen MR) is 288 cm³/mol. The average Bonchev–Trinajstić information content (AvgIpc) is 4.06. The molecular formula is C64H39N5. The van der Waals surface area contributed by atoms with E-state index in [1.54, 1.807) is 0 Å². The highest BCUT2D eigenvalue weighted by Gasteiger charge is 2.23. The molecule has 15 aromatic rings. The van der Waals surface area contributed by atoms with Gasteiger partial charge in [0.25, 0.3) is 0 Å². The van der Waals surface area contributed by atoms with Crippen molar-refractivity contribution in [3.05, 3.63) is 237 Å². The summed E-state index contributed by atoms with van der Waals surface area (Å²) >= 11 is 0. The smallest absolute Gasteiger partial charge is 0.235 e. The zero-order chi connectivity index (χ0) is 45.2. The maximum absolute atomic E-state index is 5.48. The second kappa shape index (κ2) is 14.6. The van der Waals surface area contributed by atoms with Gasteiger partial charge in [-0.1, -0.05) is 164 Å². The van der Waals surface area contributed by atoms with Gasteiger partial charge in [-0.05, 0) is 105 Å². The van der Waals surface area contributed by atoms with E-state index in [-0.39, 0.29) is 0 Å². The van der Waals surface area contributed by atoms with Crippen LogP contribution in [0.15, 0.2) is 237 Å². The molecule has 0 unspecified atom stereocenters. The van der Waals surface area contributed by atoms with Crippen LogP contribution in [0.2, 0.25) is 0 Å². The molecule has 0 fully saturated rings. The van der Waals surface area contributed by atoms with Crippen molar-refractivity contribution >= 4 is 97.7 Å². The highest BCUT2D eigenvalue weighted by Crippen LogP contribution is 2.44. The van der Waals surface area contributed by atoms with Crippen LogP contribution < -0.4 is 0 Å². The molecule has 11 aromatic carbocycles. The van der Waals surface area contributed by atoms with Gasteiger partial charge in [0.2, 0.25) is 5.95 Å². The molecule has 0 atom stereocenters. The third-order valence-electron chi connectivity index (χ3n) is 14.4. The fourth-order valence-electron chi connectivity index (χ4n) is 11.2. The summed E-state index contributed by atoms with van der Waals surface area (Å²) < 4.78 is 7.15. The van der Waals surface area contributed by atoms with E-state index in [9.17, 15) is 0 Å². The molecule has 0 N–H and O–H groups in total. The van der Waals surface area contributed by atoms with E-state index in [2.05, 4.69) is 250 Å². The minimum atomic E-state index is 0.623. The van der Waals surface area contributed by atoms with Crippen molar-refractivity contribution in [1.29, 1.82) is 0 Å². The molecule has 0 radical (unpaired) electrons. The van der Waals surface area contributed by atoms with Crippen LogP contribution in [0.1, 0.15) is 0 Å². The van der Waals surface area contributed by atoms with Gasteiger partial charge in [0.1, 0.15) is 0 Å². The SMILES string of the molecule is c1ccc2cc(-c3cc(-c4ccc5ccccc5c4)nc(-n4c5ccccc5c5ccc(-n6c7ccccc7c7c8c9ccccc9n(-c9ccc%10ccccc%10c9)c8ccc76)cc54)n3)ccc2c1. The Balaban J connectivity index is 0.984. The average molecular weight is 878 g/mol. The minimum absolute atomic E-state index is 0.623. The van der Waals surface area contributed by atoms with Crippen LogP contribution in [-0.2, 0) is 0 Å². The number of para-hydroxylation sites is 3. The Kier molecular flexibility index (Phi) is 8.00. The summed E-state index contributed by atoms with van der Waals surface area (Å²) in [7, 11) is 0. The third-order valence-corrected chi connectivity index (χ3v) is 14.4. The number of hydrogen-bond donors (Lipinski definition) is 0. The molecule has 0 aliphatic heterocycles. The zero-order valence-corrected chi connectivity index (χ0v) is 37.3. The quantitative estimate of drug-likeness (QED) is 0.173. The maximum Gasteiger partial charge on any atom is 0.235 e. The van der Waals surface area contributed by atoms with Crippen molar-refractivity contribution in [3.63, 3.8) is 0 Å². The molecule has 0 spiro atoms. The van der Waals surface area contributed by atoms with Gasteiger partial charge in [0.15, 0.2) is 0 Å². The Bertz CT molecular complexity index is 4530. The van der Waals surface area contributed by atoms with E-state index in [0.29, 0.717) is 5.95 Å².